The Hall–Kier alpha value is 0.177. The van der Waals surface area contributed by atoms with Crippen LogP contribution in [0.15, 0.2) is 0 Å². The van der Waals surface area contributed by atoms with Gasteiger partial charge in [-0.1, -0.05) is 52.0 Å². The number of rotatable bonds is 8. The standard InChI is InChI=1S/C14H30OSi/c1-3-4-5-6-7-8-11-14(16-2)12-9-10-13-15-14/h3-13,16H2,1-2H3. The molecule has 16 heavy (non-hydrogen) atoms. The highest BCUT2D eigenvalue weighted by molar-refractivity contribution is 6.37. The van der Waals surface area contributed by atoms with Gasteiger partial charge in [0, 0.05) is 6.61 Å². The Labute approximate surface area is 104 Å². The topological polar surface area (TPSA) is 9.23 Å². The van der Waals surface area contributed by atoms with E-state index in [2.05, 4.69) is 13.5 Å². The number of unbranched alkanes of at least 4 members (excludes halogenated alkanes) is 5. The molecule has 0 aromatic carbocycles. The third kappa shape index (κ3) is 5.01. The summed E-state index contributed by atoms with van der Waals surface area (Å²) in [5.74, 6) is 0. The molecule has 1 rings (SSSR count). The zero-order chi connectivity index (χ0) is 11.7. The SMILES string of the molecule is CCCCCCCCC1([SiH2]C)CCCCO1. The van der Waals surface area contributed by atoms with Crippen molar-refractivity contribution in [2.24, 2.45) is 0 Å². The lowest BCUT2D eigenvalue weighted by molar-refractivity contribution is -0.0264. The molecule has 1 saturated heterocycles. The predicted octanol–water partition coefficient (Wildman–Crippen LogP) is 3.85. The van der Waals surface area contributed by atoms with E-state index in [9.17, 15) is 0 Å². The van der Waals surface area contributed by atoms with E-state index in [1.54, 1.807) is 0 Å². The summed E-state index contributed by atoms with van der Waals surface area (Å²) in [7, 11) is -0.00472. The second kappa shape index (κ2) is 8.29. The van der Waals surface area contributed by atoms with E-state index in [1.165, 1.54) is 64.2 Å². The van der Waals surface area contributed by atoms with Gasteiger partial charge in [0.05, 0.1) is 14.7 Å². The Morgan fingerprint density at radius 3 is 2.44 bits per heavy atom. The van der Waals surface area contributed by atoms with Crippen molar-refractivity contribution < 1.29 is 4.74 Å². The Morgan fingerprint density at radius 1 is 1.06 bits per heavy atom. The molecule has 1 nitrogen and oxygen atoms in total. The summed E-state index contributed by atoms with van der Waals surface area (Å²) in [6, 6.07) is 0. The molecule has 2 heteroatoms. The molecule has 1 unspecified atom stereocenters. The highest BCUT2D eigenvalue weighted by atomic mass is 28.2. The molecule has 0 aromatic heterocycles. The van der Waals surface area contributed by atoms with Gasteiger partial charge in [-0.25, -0.2) is 0 Å². The van der Waals surface area contributed by atoms with Gasteiger partial charge in [-0.2, -0.15) is 0 Å². The van der Waals surface area contributed by atoms with E-state index >= 15 is 0 Å². The molecule has 0 bridgehead atoms. The maximum absolute atomic E-state index is 6.10. The van der Waals surface area contributed by atoms with Crippen LogP contribution in [-0.2, 0) is 4.74 Å². The largest absolute Gasteiger partial charge is 0.379 e. The van der Waals surface area contributed by atoms with Crippen LogP contribution < -0.4 is 0 Å². The minimum absolute atomic E-state index is 0.00472. The third-order valence-corrected chi connectivity index (χ3v) is 6.27. The normalized spacial score (nSPS) is 26.6. The molecule has 96 valence electrons. The quantitative estimate of drug-likeness (QED) is 0.464. The molecule has 0 N–H and O–H groups in total. The minimum Gasteiger partial charge on any atom is -0.379 e. The average Bonchev–Trinajstić information content (AvgIpc) is 2.35. The van der Waals surface area contributed by atoms with Crippen molar-refractivity contribution in [1.82, 2.24) is 0 Å². The van der Waals surface area contributed by atoms with Gasteiger partial charge in [-0.15, -0.1) is 0 Å². The fraction of sp³-hybridized carbons (Fsp3) is 1.00. The van der Waals surface area contributed by atoms with Crippen LogP contribution in [0.5, 0.6) is 0 Å². The van der Waals surface area contributed by atoms with Crippen LogP contribution in [0.1, 0.15) is 71.1 Å². The average molecular weight is 242 g/mol. The highest BCUT2D eigenvalue weighted by Gasteiger charge is 2.30. The second-order valence-electron chi connectivity index (χ2n) is 5.36. The number of ether oxygens (including phenoxy) is 1. The van der Waals surface area contributed by atoms with Crippen molar-refractivity contribution in [2.45, 2.75) is 82.9 Å². The van der Waals surface area contributed by atoms with Crippen LogP contribution in [0.25, 0.3) is 0 Å². The fourth-order valence-corrected chi connectivity index (χ4v) is 4.35. The van der Waals surface area contributed by atoms with Crippen molar-refractivity contribution >= 4 is 9.52 Å². The first-order valence-electron chi connectivity index (χ1n) is 7.47. The van der Waals surface area contributed by atoms with Crippen LogP contribution >= 0.6 is 0 Å². The molecule has 0 saturated carbocycles. The first-order chi connectivity index (χ1) is 7.83. The molecule has 1 aliphatic rings. The van der Waals surface area contributed by atoms with Crippen molar-refractivity contribution in [1.29, 1.82) is 0 Å². The van der Waals surface area contributed by atoms with Crippen molar-refractivity contribution in [3.8, 4) is 0 Å². The van der Waals surface area contributed by atoms with E-state index in [0.717, 1.165) is 6.61 Å². The maximum Gasteiger partial charge on any atom is 0.0564 e. The smallest absolute Gasteiger partial charge is 0.0564 e. The van der Waals surface area contributed by atoms with Gasteiger partial charge < -0.3 is 4.74 Å². The van der Waals surface area contributed by atoms with Gasteiger partial charge in [0.25, 0.3) is 0 Å². The second-order valence-corrected chi connectivity index (χ2v) is 7.36. The molecular formula is C14H30OSi. The van der Waals surface area contributed by atoms with Crippen molar-refractivity contribution in [3.63, 3.8) is 0 Å². The van der Waals surface area contributed by atoms with Crippen molar-refractivity contribution in [3.05, 3.63) is 0 Å². The Balaban J connectivity index is 2.08. The third-order valence-electron chi connectivity index (χ3n) is 4.07. The molecule has 0 amide bonds. The summed E-state index contributed by atoms with van der Waals surface area (Å²) < 4.78 is 6.10. The van der Waals surface area contributed by atoms with Gasteiger partial charge in [-0.3, -0.25) is 0 Å². The summed E-state index contributed by atoms with van der Waals surface area (Å²) in [6.07, 6.45) is 13.9. The van der Waals surface area contributed by atoms with Crippen LogP contribution in [0.3, 0.4) is 0 Å². The molecule has 0 aromatic rings. The first kappa shape index (κ1) is 14.2. The molecule has 1 aliphatic heterocycles. The summed E-state index contributed by atoms with van der Waals surface area (Å²) in [5, 5.41) is 0.406. The number of hydrogen-bond acceptors (Lipinski definition) is 1. The zero-order valence-corrected chi connectivity index (χ0v) is 12.8. The molecule has 1 fully saturated rings. The lowest BCUT2D eigenvalue weighted by atomic mass is 10.0. The van der Waals surface area contributed by atoms with E-state index in [0.29, 0.717) is 5.22 Å². The molecule has 0 radical (unpaired) electrons. The van der Waals surface area contributed by atoms with Gasteiger partial charge >= 0.3 is 0 Å². The Bertz CT molecular complexity index is 164. The van der Waals surface area contributed by atoms with Gasteiger partial charge in [-0.05, 0) is 25.7 Å². The van der Waals surface area contributed by atoms with E-state index < -0.39 is 0 Å². The molecule has 0 spiro atoms. The Morgan fingerprint density at radius 2 is 1.81 bits per heavy atom. The summed E-state index contributed by atoms with van der Waals surface area (Å²) in [5.41, 5.74) is 0. The van der Waals surface area contributed by atoms with Gasteiger partial charge in [0.2, 0.25) is 0 Å². The van der Waals surface area contributed by atoms with Crippen LogP contribution in [-0.4, -0.2) is 21.4 Å². The van der Waals surface area contributed by atoms with E-state index in [-0.39, 0.29) is 9.52 Å². The number of hydrogen-bond donors (Lipinski definition) is 0. The lowest BCUT2D eigenvalue weighted by Gasteiger charge is -2.36. The minimum atomic E-state index is -0.00472. The molecule has 0 aliphatic carbocycles. The van der Waals surface area contributed by atoms with Crippen LogP contribution in [0.4, 0.5) is 0 Å². The Kier molecular flexibility index (Phi) is 7.38. The maximum atomic E-state index is 6.10. The monoisotopic (exact) mass is 242 g/mol. The highest BCUT2D eigenvalue weighted by Crippen LogP contribution is 2.29. The predicted molar refractivity (Wildman–Crippen MR) is 74.9 cm³/mol. The van der Waals surface area contributed by atoms with Gasteiger partial charge in [0.15, 0.2) is 0 Å². The lowest BCUT2D eigenvalue weighted by Crippen LogP contribution is -2.41. The van der Waals surface area contributed by atoms with Crippen molar-refractivity contribution in [2.75, 3.05) is 6.61 Å². The molecular weight excluding hydrogens is 212 g/mol. The van der Waals surface area contributed by atoms with Crippen LogP contribution in [0.2, 0.25) is 6.55 Å². The van der Waals surface area contributed by atoms with Crippen LogP contribution in [0, 0.1) is 0 Å². The molecule has 1 heterocycles. The van der Waals surface area contributed by atoms with Gasteiger partial charge in [0.1, 0.15) is 0 Å². The fourth-order valence-electron chi connectivity index (χ4n) is 2.79. The van der Waals surface area contributed by atoms with E-state index in [1.807, 2.05) is 0 Å². The molecule has 1 atom stereocenters. The summed E-state index contributed by atoms with van der Waals surface area (Å²) in [6.45, 7) is 5.76. The summed E-state index contributed by atoms with van der Waals surface area (Å²) in [4.78, 5) is 0. The zero-order valence-electron chi connectivity index (χ0n) is 11.4. The van der Waals surface area contributed by atoms with E-state index in [4.69, 9.17) is 4.74 Å². The first-order valence-corrected chi connectivity index (χ1v) is 9.59. The summed E-state index contributed by atoms with van der Waals surface area (Å²) >= 11 is 0.